The summed E-state index contributed by atoms with van der Waals surface area (Å²) in [4.78, 5) is 17.1. The Morgan fingerprint density at radius 2 is 1.53 bits per heavy atom. The maximum atomic E-state index is 13.8. The molecule has 4 aromatic rings. The molecule has 0 amide bonds. The molecule has 0 bridgehead atoms. The quantitative estimate of drug-likeness (QED) is 0.396. The van der Waals surface area contributed by atoms with Gasteiger partial charge in [-0.2, -0.15) is 0 Å². The molecule has 6 heteroatoms. The van der Waals surface area contributed by atoms with Gasteiger partial charge in [0.2, 0.25) is 5.78 Å². The highest BCUT2D eigenvalue weighted by atomic mass is 16.5. The van der Waals surface area contributed by atoms with E-state index >= 15 is 0 Å². The fourth-order valence-corrected chi connectivity index (χ4v) is 4.03. The van der Waals surface area contributed by atoms with E-state index in [1.54, 1.807) is 34.5 Å². The van der Waals surface area contributed by atoms with Crippen LogP contribution in [0.2, 0.25) is 0 Å². The number of hydrogen-bond donors (Lipinski definition) is 1. The summed E-state index contributed by atoms with van der Waals surface area (Å²) in [7, 11) is 6.39. The van der Waals surface area contributed by atoms with Gasteiger partial charge in [-0.3, -0.25) is 4.79 Å². The van der Waals surface area contributed by atoms with E-state index in [1.807, 2.05) is 55.5 Å². The molecule has 3 aromatic carbocycles. The number of hydrogen-bond acceptors (Lipinski definition) is 5. The lowest BCUT2D eigenvalue weighted by Crippen LogP contribution is -2.06. The smallest absolute Gasteiger partial charge is 0.209 e. The number of aryl methyl sites for hydroxylation is 1. The summed E-state index contributed by atoms with van der Waals surface area (Å²) in [6.07, 6.45) is 0. The molecule has 0 spiro atoms. The minimum Gasteiger partial charge on any atom is -0.497 e. The second-order valence-corrected chi connectivity index (χ2v) is 7.34. The third-order valence-electron chi connectivity index (χ3n) is 5.54. The Kier molecular flexibility index (Phi) is 5.77. The first kappa shape index (κ1) is 21.3. The molecule has 6 nitrogen and oxygen atoms in total. The van der Waals surface area contributed by atoms with Crippen LogP contribution in [0.25, 0.3) is 22.0 Å². The molecule has 0 saturated carbocycles. The summed E-state index contributed by atoms with van der Waals surface area (Å²) >= 11 is 0. The van der Waals surface area contributed by atoms with E-state index in [2.05, 4.69) is 4.98 Å². The molecule has 164 valence electrons. The highest BCUT2D eigenvalue weighted by molar-refractivity contribution is 6.18. The van der Waals surface area contributed by atoms with Gasteiger partial charge >= 0.3 is 0 Å². The van der Waals surface area contributed by atoms with Gasteiger partial charge in [-0.1, -0.05) is 18.2 Å². The molecule has 0 atom stereocenters. The molecule has 0 aliphatic rings. The van der Waals surface area contributed by atoms with Gasteiger partial charge in [0.25, 0.3) is 0 Å². The third-order valence-corrected chi connectivity index (χ3v) is 5.54. The maximum Gasteiger partial charge on any atom is 0.209 e. The fraction of sp³-hybridized carbons (Fsp3) is 0.192. The Labute approximate surface area is 186 Å². The number of rotatable bonds is 7. The average molecular weight is 431 g/mol. The van der Waals surface area contributed by atoms with Crippen LogP contribution >= 0.6 is 0 Å². The summed E-state index contributed by atoms with van der Waals surface area (Å²) in [6, 6.07) is 16.8. The van der Waals surface area contributed by atoms with Crippen molar-refractivity contribution in [2.24, 2.45) is 0 Å². The van der Waals surface area contributed by atoms with E-state index < -0.39 is 0 Å². The predicted octanol–water partition coefficient (Wildman–Crippen LogP) is 5.41. The lowest BCUT2D eigenvalue weighted by molar-refractivity contribution is 0.103. The Hall–Kier alpha value is -3.93. The van der Waals surface area contributed by atoms with Crippen molar-refractivity contribution < 1.29 is 23.7 Å². The van der Waals surface area contributed by atoms with E-state index in [0.717, 1.165) is 33.3 Å². The van der Waals surface area contributed by atoms with Crippen LogP contribution in [0.1, 0.15) is 21.6 Å². The second-order valence-electron chi connectivity index (χ2n) is 7.34. The van der Waals surface area contributed by atoms with Crippen LogP contribution in [-0.4, -0.2) is 39.2 Å². The molecule has 1 heterocycles. The van der Waals surface area contributed by atoms with Crippen molar-refractivity contribution in [3.05, 3.63) is 71.4 Å². The lowest BCUT2D eigenvalue weighted by atomic mass is 9.96. The van der Waals surface area contributed by atoms with Crippen molar-refractivity contribution >= 4 is 16.7 Å². The van der Waals surface area contributed by atoms with E-state index in [-0.39, 0.29) is 5.78 Å². The zero-order valence-corrected chi connectivity index (χ0v) is 18.7. The van der Waals surface area contributed by atoms with Crippen LogP contribution in [0, 0.1) is 6.92 Å². The molecular weight excluding hydrogens is 406 g/mol. The zero-order chi connectivity index (χ0) is 22.8. The van der Waals surface area contributed by atoms with Crippen molar-refractivity contribution in [1.29, 1.82) is 0 Å². The molecule has 1 aromatic heterocycles. The first-order chi connectivity index (χ1) is 15.5. The largest absolute Gasteiger partial charge is 0.497 e. The molecule has 32 heavy (non-hydrogen) atoms. The first-order valence-electron chi connectivity index (χ1n) is 10.1. The van der Waals surface area contributed by atoms with Gasteiger partial charge in [0.15, 0.2) is 11.5 Å². The number of fused-ring (bicyclic) bond motifs is 1. The molecule has 0 aliphatic heterocycles. The topological polar surface area (TPSA) is 69.8 Å². The van der Waals surface area contributed by atoms with Crippen LogP contribution in [-0.2, 0) is 0 Å². The highest BCUT2D eigenvalue weighted by Gasteiger charge is 2.24. The van der Waals surface area contributed by atoms with Gasteiger partial charge in [0.1, 0.15) is 11.5 Å². The number of carbonyl (C=O) groups excluding carboxylic acids is 1. The van der Waals surface area contributed by atoms with Gasteiger partial charge in [-0.15, -0.1) is 0 Å². The Balaban J connectivity index is 1.96. The Bertz CT molecular complexity index is 1290. The lowest BCUT2D eigenvalue weighted by Gasteiger charge is -2.13. The van der Waals surface area contributed by atoms with Crippen molar-refractivity contribution in [2.45, 2.75) is 6.92 Å². The minimum atomic E-state index is -0.155. The van der Waals surface area contributed by atoms with E-state index in [9.17, 15) is 4.79 Å². The summed E-state index contributed by atoms with van der Waals surface area (Å²) in [5.74, 6) is 2.39. The van der Waals surface area contributed by atoms with E-state index in [1.165, 1.54) is 0 Å². The number of methoxy groups -OCH3 is 4. The summed E-state index contributed by atoms with van der Waals surface area (Å²) in [5, 5.41) is 0.848. The van der Waals surface area contributed by atoms with Crippen molar-refractivity contribution in [2.75, 3.05) is 28.4 Å². The Morgan fingerprint density at radius 3 is 2.16 bits per heavy atom. The SMILES string of the molecule is COc1ccc(-c2c(C(=O)c3cc(C)c(OC)c(OC)c3)[nH]c3cccc(OC)c23)cc1. The van der Waals surface area contributed by atoms with E-state index in [0.29, 0.717) is 28.5 Å². The number of benzene rings is 3. The number of nitrogens with one attached hydrogen (secondary N) is 1. The van der Waals surface area contributed by atoms with Crippen molar-refractivity contribution in [3.8, 4) is 34.1 Å². The van der Waals surface area contributed by atoms with Crippen LogP contribution < -0.4 is 18.9 Å². The van der Waals surface area contributed by atoms with Crippen molar-refractivity contribution in [3.63, 3.8) is 0 Å². The molecule has 4 rings (SSSR count). The third kappa shape index (κ3) is 3.54. The number of aromatic amines is 1. The second kappa shape index (κ2) is 8.67. The van der Waals surface area contributed by atoms with Gasteiger partial charge in [0, 0.05) is 11.1 Å². The van der Waals surface area contributed by atoms with Crippen LogP contribution in [0.5, 0.6) is 23.0 Å². The molecule has 0 saturated heterocycles. The normalized spacial score (nSPS) is 10.8. The van der Waals surface area contributed by atoms with Gasteiger partial charge in [-0.25, -0.2) is 0 Å². The summed E-state index contributed by atoms with van der Waals surface area (Å²) in [6.45, 7) is 1.89. The average Bonchev–Trinajstić information content (AvgIpc) is 3.22. The number of ketones is 1. The summed E-state index contributed by atoms with van der Waals surface area (Å²) < 4.78 is 21.8. The fourth-order valence-electron chi connectivity index (χ4n) is 4.03. The molecular formula is C26H25NO5. The molecule has 0 radical (unpaired) electrons. The minimum absolute atomic E-state index is 0.155. The summed E-state index contributed by atoms with van der Waals surface area (Å²) in [5.41, 5.74) is 4.26. The monoisotopic (exact) mass is 431 g/mol. The highest BCUT2D eigenvalue weighted by Crippen LogP contribution is 2.40. The molecule has 0 aliphatic carbocycles. The van der Waals surface area contributed by atoms with Gasteiger partial charge in [-0.05, 0) is 54.4 Å². The zero-order valence-electron chi connectivity index (χ0n) is 18.7. The number of H-pyrrole nitrogens is 1. The number of aromatic nitrogens is 1. The van der Waals surface area contributed by atoms with Gasteiger partial charge < -0.3 is 23.9 Å². The van der Waals surface area contributed by atoms with Crippen LogP contribution in [0.3, 0.4) is 0 Å². The standard InChI is InChI=1S/C26H25NO5/c1-15-13-17(14-21(31-4)26(15)32-5)25(28)24-22(16-9-11-18(29-2)12-10-16)23-19(27-24)7-6-8-20(23)30-3/h6-14,27H,1-5H3. The van der Waals surface area contributed by atoms with Crippen LogP contribution in [0.15, 0.2) is 54.6 Å². The van der Waals surface area contributed by atoms with Crippen molar-refractivity contribution in [1.82, 2.24) is 4.98 Å². The number of ether oxygens (including phenoxy) is 4. The molecule has 0 fully saturated rings. The number of carbonyl (C=O) groups is 1. The van der Waals surface area contributed by atoms with E-state index in [4.69, 9.17) is 18.9 Å². The Morgan fingerprint density at radius 1 is 0.812 bits per heavy atom. The molecule has 1 N–H and O–H groups in total. The van der Waals surface area contributed by atoms with Crippen LogP contribution in [0.4, 0.5) is 0 Å². The molecule has 0 unspecified atom stereocenters. The predicted molar refractivity (Wildman–Crippen MR) is 125 cm³/mol. The first-order valence-corrected chi connectivity index (χ1v) is 10.1. The van der Waals surface area contributed by atoms with Gasteiger partial charge in [0.05, 0.1) is 45.0 Å². The maximum absolute atomic E-state index is 13.8.